The van der Waals surface area contributed by atoms with Crippen LogP contribution in [0.25, 0.3) is 0 Å². The lowest BCUT2D eigenvalue weighted by atomic mass is 10.0. The van der Waals surface area contributed by atoms with Crippen molar-refractivity contribution in [2.24, 2.45) is 0 Å². The zero-order chi connectivity index (χ0) is 26.9. The van der Waals surface area contributed by atoms with Gasteiger partial charge >= 0.3 is 12.3 Å². The van der Waals surface area contributed by atoms with E-state index in [4.69, 9.17) is 4.74 Å². The van der Waals surface area contributed by atoms with Crippen LogP contribution in [-0.4, -0.2) is 74.9 Å². The highest BCUT2D eigenvalue weighted by Crippen LogP contribution is 2.33. The number of fused-ring (bicyclic) bond motifs is 1. The average Bonchev–Trinajstić information content (AvgIpc) is 2.73. The van der Waals surface area contributed by atoms with Gasteiger partial charge in [0.2, 0.25) is 11.8 Å². The molecule has 2 aliphatic heterocycles. The summed E-state index contributed by atoms with van der Waals surface area (Å²) in [5.74, 6) is -4.18. The number of halogens is 5. The van der Waals surface area contributed by atoms with Gasteiger partial charge in [-0.25, -0.2) is 23.5 Å². The van der Waals surface area contributed by atoms with Gasteiger partial charge < -0.3 is 19.9 Å². The van der Waals surface area contributed by atoms with E-state index in [-0.39, 0.29) is 50.2 Å². The van der Waals surface area contributed by atoms with Gasteiger partial charge in [0.25, 0.3) is 5.92 Å². The summed E-state index contributed by atoms with van der Waals surface area (Å²) in [5.41, 5.74) is -1.95. The molecule has 200 valence electrons. The molecule has 1 aromatic rings. The van der Waals surface area contributed by atoms with Crippen LogP contribution in [0.1, 0.15) is 57.0 Å². The number of alkyl carbamates (subject to hydrolysis) is 1. The number of nitrogens with one attached hydrogen (secondary N) is 1. The molecule has 3 heterocycles. The molecule has 1 N–H and O–H groups in total. The summed E-state index contributed by atoms with van der Waals surface area (Å²) in [5, 5.41) is 2.47. The van der Waals surface area contributed by atoms with Gasteiger partial charge in [-0.15, -0.1) is 0 Å². The van der Waals surface area contributed by atoms with Gasteiger partial charge in [-0.05, 0) is 27.2 Å². The highest BCUT2D eigenvalue weighted by molar-refractivity contribution is 5.79. The number of amides is 3. The Balaban J connectivity index is 1.74. The molecular formula is C22H28F5N5O4. The zero-order valence-corrected chi connectivity index (χ0v) is 20.1. The van der Waals surface area contributed by atoms with E-state index in [1.54, 1.807) is 20.8 Å². The van der Waals surface area contributed by atoms with Crippen LogP contribution < -0.4 is 5.32 Å². The monoisotopic (exact) mass is 521 g/mol. The molecular weight excluding hydrogens is 493 g/mol. The molecule has 0 unspecified atom stereocenters. The maximum Gasteiger partial charge on any atom is 0.433 e. The van der Waals surface area contributed by atoms with E-state index in [1.165, 1.54) is 4.90 Å². The molecule has 0 radical (unpaired) electrons. The molecule has 3 rings (SSSR count). The second-order valence-corrected chi connectivity index (χ2v) is 9.89. The average molecular weight is 521 g/mol. The quantitative estimate of drug-likeness (QED) is 0.598. The molecule has 36 heavy (non-hydrogen) atoms. The van der Waals surface area contributed by atoms with Gasteiger partial charge in [-0.1, -0.05) is 0 Å². The third-order valence-corrected chi connectivity index (χ3v) is 5.69. The second kappa shape index (κ2) is 10.1. The van der Waals surface area contributed by atoms with Crippen LogP contribution in [0.5, 0.6) is 0 Å². The molecule has 2 aliphatic rings. The van der Waals surface area contributed by atoms with Crippen LogP contribution in [0.4, 0.5) is 26.7 Å². The Labute approximate surface area is 204 Å². The van der Waals surface area contributed by atoms with Gasteiger partial charge in [-0.3, -0.25) is 9.59 Å². The van der Waals surface area contributed by atoms with E-state index in [0.717, 1.165) is 11.2 Å². The van der Waals surface area contributed by atoms with Crippen molar-refractivity contribution >= 4 is 17.9 Å². The molecule has 0 saturated carbocycles. The fourth-order valence-electron chi connectivity index (χ4n) is 4.11. The first-order chi connectivity index (χ1) is 16.5. The fourth-order valence-corrected chi connectivity index (χ4v) is 4.11. The largest absolute Gasteiger partial charge is 0.444 e. The standard InChI is InChI=1S/C22H28F5N5O4/c1-20(2,3)36-19(35)30-13(9-32-11-21(23,24)6-4-16(32)33)8-17(34)31-7-5-14-15(10-31)28-12-29-18(14)22(25,26)27/h12-13H,4-11H2,1-3H3,(H,30,35)/t13-/m0/s1. The Morgan fingerprint density at radius 3 is 2.53 bits per heavy atom. The lowest BCUT2D eigenvalue weighted by molar-refractivity contribution is -0.148. The highest BCUT2D eigenvalue weighted by atomic mass is 19.4. The highest BCUT2D eigenvalue weighted by Gasteiger charge is 2.41. The molecule has 0 spiro atoms. The number of likely N-dealkylation sites (tertiary alicyclic amines) is 1. The number of hydrogen-bond donors (Lipinski definition) is 1. The van der Waals surface area contributed by atoms with Crippen LogP contribution in [0, 0.1) is 0 Å². The smallest absolute Gasteiger partial charge is 0.433 e. The Hall–Kier alpha value is -3.06. The van der Waals surface area contributed by atoms with E-state index in [2.05, 4.69) is 15.3 Å². The number of carbonyl (C=O) groups excluding carboxylic acids is 3. The van der Waals surface area contributed by atoms with Crippen molar-refractivity contribution in [1.82, 2.24) is 25.1 Å². The van der Waals surface area contributed by atoms with Gasteiger partial charge in [0.1, 0.15) is 11.9 Å². The summed E-state index contributed by atoms with van der Waals surface area (Å²) < 4.78 is 72.7. The summed E-state index contributed by atoms with van der Waals surface area (Å²) in [6.45, 7) is 3.38. The van der Waals surface area contributed by atoms with E-state index in [1.807, 2.05) is 0 Å². The van der Waals surface area contributed by atoms with Crippen molar-refractivity contribution in [2.75, 3.05) is 19.6 Å². The number of piperidine rings is 1. The molecule has 0 bridgehead atoms. The zero-order valence-electron chi connectivity index (χ0n) is 20.1. The number of hydrogen-bond acceptors (Lipinski definition) is 6. The Bertz CT molecular complexity index is 1010. The molecule has 1 aromatic heterocycles. The molecule has 9 nitrogen and oxygen atoms in total. The van der Waals surface area contributed by atoms with Crippen LogP contribution in [0.15, 0.2) is 6.33 Å². The van der Waals surface area contributed by atoms with Gasteiger partial charge in [0, 0.05) is 37.9 Å². The molecule has 1 saturated heterocycles. The maximum absolute atomic E-state index is 13.9. The summed E-state index contributed by atoms with van der Waals surface area (Å²) in [4.78, 5) is 47.0. The minimum Gasteiger partial charge on any atom is -0.444 e. The summed E-state index contributed by atoms with van der Waals surface area (Å²) in [7, 11) is 0. The Morgan fingerprint density at radius 1 is 1.19 bits per heavy atom. The third-order valence-electron chi connectivity index (χ3n) is 5.69. The lowest BCUT2D eigenvalue weighted by Crippen LogP contribution is -2.53. The van der Waals surface area contributed by atoms with Crippen molar-refractivity contribution in [1.29, 1.82) is 0 Å². The number of aromatic nitrogens is 2. The minimum absolute atomic E-state index is 0.0534. The summed E-state index contributed by atoms with van der Waals surface area (Å²) in [6, 6.07) is -1.07. The number of alkyl halides is 5. The normalized spacial score (nSPS) is 18.9. The number of rotatable bonds is 5. The van der Waals surface area contributed by atoms with Crippen LogP contribution >= 0.6 is 0 Å². The first-order valence-corrected chi connectivity index (χ1v) is 11.4. The molecule has 3 amide bonds. The Kier molecular flexibility index (Phi) is 7.75. The van der Waals surface area contributed by atoms with Gasteiger partial charge in [-0.2, -0.15) is 13.2 Å². The first kappa shape index (κ1) is 27.5. The van der Waals surface area contributed by atoms with E-state index < -0.39 is 60.3 Å². The van der Waals surface area contributed by atoms with E-state index in [9.17, 15) is 36.3 Å². The predicted molar refractivity (Wildman–Crippen MR) is 115 cm³/mol. The number of nitrogens with zero attached hydrogens (tertiary/aromatic N) is 4. The van der Waals surface area contributed by atoms with Crippen molar-refractivity contribution in [3.63, 3.8) is 0 Å². The third kappa shape index (κ3) is 7.23. The van der Waals surface area contributed by atoms with Gasteiger partial charge in [0.15, 0.2) is 5.69 Å². The van der Waals surface area contributed by atoms with Crippen LogP contribution in [0.3, 0.4) is 0 Å². The van der Waals surface area contributed by atoms with Crippen LogP contribution in [-0.2, 0) is 33.5 Å². The minimum atomic E-state index is -4.66. The maximum atomic E-state index is 13.9. The van der Waals surface area contributed by atoms with Crippen LogP contribution in [0.2, 0.25) is 0 Å². The van der Waals surface area contributed by atoms with Crippen molar-refractivity contribution in [2.45, 2.75) is 76.7 Å². The predicted octanol–water partition coefficient (Wildman–Crippen LogP) is 2.92. The molecule has 1 atom stereocenters. The molecule has 1 fully saturated rings. The molecule has 0 aliphatic carbocycles. The van der Waals surface area contributed by atoms with Gasteiger partial charge in [0.05, 0.1) is 24.8 Å². The number of ether oxygens (including phenoxy) is 1. The topological polar surface area (TPSA) is 105 Å². The van der Waals surface area contributed by atoms with E-state index in [0.29, 0.717) is 0 Å². The van der Waals surface area contributed by atoms with Crippen molar-refractivity contribution < 1.29 is 41.1 Å². The molecule has 0 aromatic carbocycles. The first-order valence-electron chi connectivity index (χ1n) is 11.4. The SMILES string of the molecule is CC(C)(C)OC(=O)N[C@@H](CC(=O)N1CCc2c(ncnc2C(F)(F)F)C1)CN1CC(F)(F)CCC1=O. The molecule has 14 heteroatoms. The van der Waals surface area contributed by atoms with Crippen molar-refractivity contribution in [3.05, 3.63) is 23.3 Å². The second-order valence-electron chi connectivity index (χ2n) is 9.89. The number of carbonyl (C=O) groups is 3. The summed E-state index contributed by atoms with van der Waals surface area (Å²) in [6.07, 6.45) is -6.25. The summed E-state index contributed by atoms with van der Waals surface area (Å²) >= 11 is 0. The lowest BCUT2D eigenvalue weighted by Gasteiger charge is -2.36. The van der Waals surface area contributed by atoms with Crippen molar-refractivity contribution in [3.8, 4) is 0 Å². The Morgan fingerprint density at radius 2 is 1.89 bits per heavy atom. The fraction of sp³-hybridized carbons (Fsp3) is 0.682. The van der Waals surface area contributed by atoms with E-state index >= 15 is 0 Å².